The van der Waals surface area contributed by atoms with Crippen molar-refractivity contribution in [3.63, 3.8) is 0 Å². The Labute approximate surface area is 164 Å². The van der Waals surface area contributed by atoms with Crippen LogP contribution in [0.5, 0.6) is 0 Å². The van der Waals surface area contributed by atoms with Gasteiger partial charge in [0.05, 0.1) is 36.7 Å². The number of alkyl halides is 3. The smallest absolute Gasteiger partial charge is 0.390 e. The van der Waals surface area contributed by atoms with Crippen LogP contribution in [0.2, 0.25) is 0 Å². The van der Waals surface area contributed by atoms with Gasteiger partial charge in [0, 0.05) is 5.75 Å². The van der Waals surface area contributed by atoms with E-state index in [1.807, 2.05) is 18.2 Å². The van der Waals surface area contributed by atoms with Crippen LogP contribution in [0, 0.1) is 0 Å². The molecule has 4 nitrogen and oxygen atoms in total. The van der Waals surface area contributed by atoms with Crippen LogP contribution in [0.4, 0.5) is 13.2 Å². The summed E-state index contributed by atoms with van der Waals surface area (Å²) in [5.41, 5.74) is 1.09. The van der Waals surface area contributed by atoms with Crippen LogP contribution in [0.25, 0.3) is 0 Å². The number of imidazole rings is 1. The van der Waals surface area contributed by atoms with Crippen LogP contribution in [0.3, 0.4) is 0 Å². The fourth-order valence-electron chi connectivity index (χ4n) is 2.77. The zero-order chi connectivity index (χ0) is 20.1. The first-order valence-electron chi connectivity index (χ1n) is 8.55. The van der Waals surface area contributed by atoms with E-state index in [9.17, 15) is 23.4 Å². The summed E-state index contributed by atoms with van der Waals surface area (Å²) in [6, 6.07) is 14.3. The van der Waals surface area contributed by atoms with E-state index in [0.29, 0.717) is 16.4 Å². The third-order valence-corrected chi connectivity index (χ3v) is 5.29. The first-order valence-corrected chi connectivity index (χ1v) is 9.54. The number of nitrogens with zero attached hydrogens (tertiary/aromatic N) is 2. The minimum absolute atomic E-state index is 0.185. The van der Waals surface area contributed by atoms with Crippen molar-refractivity contribution in [3.05, 3.63) is 83.2 Å². The van der Waals surface area contributed by atoms with E-state index in [4.69, 9.17) is 0 Å². The molecule has 3 rings (SSSR count). The lowest BCUT2D eigenvalue weighted by atomic mass is 10.1. The zero-order valence-corrected chi connectivity index (χ0v) is 15.6. The molecular formula is C20H19F3N2O2S. The largest absolute Gasteiger partial charge is 0.416 e. The summed E-state index contributed by atoms with van der Waals surface area (Å²) >= 11 is 1.26. The first kappa shape index (κ1) is 20.4. The maximum atomic E-state index is 12.9. The van der Waals surface area contributed by atoms with Crippen molar-refractivity contribution in [1.29, 1.82) is 0 Å². The SMILES string of the molecule is OCc1cnc(SCc2cccc(C(F)(F)F)c2)n1CC(O)c1ccccc1. The van der Waals surface area contributed by atoms with Gasteiger partial charge in [0.1, 0.15) is 0 Å². The molecule has 0 saturated heterocycles. The second-order valence-electron chi connectivity index (χ2n) is 6.21. The number of halogens is 3. The fourth-order valence-corrected chi connectivity index (χ4v) is 3.72. The molecule has 0 bridgehead atoms. The molecule has 0 amide bonds. The number of rotatable bonds is 7. The fraction of sp³-hybridized carbons (Fsp3) is 0.250. The van der Waals surface area contributed by atoms with Crippen LogP contribution >= 0.6 is 11.8 Å². The molecule has 1 atom stereocenters. The number of aliphatic hydroxyl groups is 2. The van der Waals surface area contributed by atoms with Crippen LogP contribution < -0.4 is 0 Å². The van der Waals surface area contributed by atoms with Crippen molar-refractivity contribution in [2.24, 2.45) is 0 Å². The average molecular weight is 408 g/mol. The van der Waals surface area contributed by atoms with Crippen LogP contribution in [0.1, 0.15) is 28.5 Å². The number of benzene rings is 2. The van der Waals surface area contributed by atoms with Gasteiger partial charge in [-0.1, -0.05) is 60.3 Å². The lowest BCUT2D eigenvalue weighted by molar-refractivity contribution is -0.137. The van der Waals surface area contributed by atoms with Gasteiger partial charge < -0.3 is 14.8 Å². The normalized spacial score (nSPS) is 12.9. The van der Waals surface area contributed by atoms with E-state index in [-0.39, 0.29) is 18.9 Å². The molecule has 28 heavy (non-hydrogen) atoms. The van der Waals surface area contributed by atoms with Crippen LogP contribution in [0.15, 0.2) is 66.0 Å². The van der Waals surface area contributed by atoms with Gasteiger partial charge in [-0.2, -0.15) is 13.2 Å². The Morgan fingerprint density at radius 1 is 1.07 bits per heavy atom. The van der Waals surface area contributed by atoms with E-state index >= 15 is 0 Å². The topological polar surface area (TPSA) is 58.3 Å². The van der Waals surface area contributed by atoms with Gasteiger partial charge in [0.2, 0.25) is 0 Å². The van der Waals surface area contributed by atoms with Gasteiger partial charge in [0.15, 0.2) is 5.16 Å². The molecule has 8 heteroatoms. The van der Waals surface area contributed by atoms with Gasteiger partial charge in [0.25, 0.3) is 0 Å². The molecule has 0 aliphatic carbocycles. The number of thioether (sulfide) groups is 1. The Bertz CT molecular complexity index is 913. The second kappa shape index (κ2) is 8.81. The summed E-state index contributed by atoms with van der Waals surface area (Å²) in [7, 11) is 0. The number of aromatic nitrogens is 2. The number of hydrogen-bond donors (Lipinski definition) is 2. The average Bonchev–Trinajstić information content (AvgIpc) is 3.08. The third-order valence-electron chi connectivity index (χ3n) is 4.23. The van der Waals surface area contributed by atoms with Crippen molar-refractivity contribution in [1.82, 2.24) is 9.55 Å². The molecule has 0 aliphatic rings. The molecule has 1 aromatic heterocycles. The Balaban J connectivity index is 1.75. The molecule has 1 unspecified atom stereocenters. The van der Waals surface area contributed by atoms with Gasteiger partial charge >= 0.3 is 6.18 Å². The highest BCUT2D eigenvalue weighted by molar-refractivity contribution is 7.98. The quantitative estimate of drug-likeness (QED) is 0.568. The van der Waals surface area contributed by atoms with Gasteiger partial charge in [-0.25, -0.2) is 4.98 Å². The maximum absolute atomic E-state index is 12.9. The Kier molecular flexibility index (Phi) is 6.43. The molecule has 0 spiro atoms. The van der Waals surface area contributed by atoms with Crippen molar-refractivity contribution in [2.45, 2.75) is 36.3 Å². The molecule has 0 radical (unpaired) electrons. The summed E-state index contributed by atoms with van der Waals surface area (Å²) in [6.07, 6.45) is -3.68. The van der Waals surface area contributed by atoms with E-state index < -0.39 is 17.8 Å². The molecule has 0 fully saturated rings. The summed E-state index contributed by atoms with van der Waals surface area (Å²) in [5, 5.41) is 20.6. The Hall–Kier alpha value is -2.29. The highest BCUT2D eigenvalue weighted by Gasteiger charge is 2.30. The molecule has 148 valence electrons. The minimum Gasteiger partial charge on any atom is -0.390 e. The van der Waals surface area contributed by atoms with Crippen molar-refractivity contribution >= 4 is 11.8 Å². The zero-order valence-electron chi connectivity index (χ0n) is 14.8. The monoisotopic (exact) mass is 408 g/mol. The molecule has 0 saturated carbocycles. The van der Waals surface area contributed by atoms with Crippen LogP contribution in [-0.2, 0) is 25.1 Å². The van der Waals surface area contributed by atoms with Crippen molar-refractivity contribution in [3.8, 4) is 0 Å². The van der Waals surface area contributed by atoms with Crippen molar-refractivity contribution in [2.75, 3.05) is 0 Å². The Morgan fingerprint density at radius 3 is 2.50 bits per heavy atom. The maximum Gasteiger partial charge on any atom is 0.416 e. The molecule has 2 N–H and O–H groups in total. The predicted molar refractivity (Wildman–Crippen MR) is 101 cm³/mol. The first-order chi connectivity index (χ1) is 13.4. The minimum atomic E-state index is -4.39. The molecule has 0 aliphatic heterocycles. The third kappa shape index (κ3) is 4.95. The summed E-state index contributed by atoms with van der Waals surface area (Å²) in [4.78, 5) is 4.25. The predicted octanol–water partition coefficient (Wildman–Crippen LogP) is 4.42. The number of aliphatic hydroxyl groups excluding tert-OH is 2. The summed E-state index contributed by atoms with van der Waals surface area (Å²) < 4.78 is 40.3. The summed E-state index contributed by atoms with van der Waals surface area (Å²) in [6.45, 7) is -0.0660. The molecule has 1 heterocycles. The van der Waals surface area contributed by atoms with Crippen molar-refractivity contribution < 1.29 is 23.4 Å². The summed E-state index contributed by atoms with van der Waals surface area (Å²) in [5.74, 6) is 0.285. The standard InChI is InChI=1S/C20H19F3N2O2S/c21-20(22,23)16-8-4-5-14(9-16)13-28-19-24-10-17(12-26)25(19)11-18(27)15-6-2-1-3-7-15/h1-10,18,26-27H,11-13H2. The molecule has 3 aromatic rings. The van der Waals surface area contributed by atoms with E-state index in [2.05, 4.69) is 4.98 Å². The second-order valence-corrected chi connectivity index (χ2v) is 7.16. The van der Waals surface area contributed by atoms with E-state index in [0.717, 1.165) is 17.7 Å². The highest BCUT2D eigenvalue weighted by atomic mass is 32.2. The van der Waals surface area contributed by atoms with Gasteiger partial charge in [-0.05, 0) is 17.2 Å². The Morgan fingerprint density at radius 2 is 1.82 bits per heavy atom. The van der Waals surface area contributed by atoms with E-state index in [1.165, 1.54) is 24.0 Å². The van der Waals surface area contributed by atoms with E-state index in [1.54, 1.807) is 22.8 Å². The lowest BCUT2D eigenvalue weighted by Crippen LogP contribution is -2.12. The number of hydrogen-bond acceptors (Lipinski definition) is 4. The van der Waals surface area contributed by atoms with Gasteiger partial charge in [-0.3, -0.25) is 0 Å². The van der Waals surface area contributed by atoms with Crippen LogP contribution in [-0.4, -0.2) is 19.8 Å². The highest BCUT2D eigenvalue weighted by Crippen LogP contribution is 2.31. The molecule has 2 aromatic carbocycles. The molecular weight excluding hydrogens is 389 g/mol. The van der Waals surface area contributed by atoms with Gasteiger partial charge in [-0.15, -0.1) is 0 Å². The lowest BCUT2D eigenvalue weighted by Gasteiger charge is -2.16.